The van der Waals surface area contributed by atoms with Gasteiger partial charge in [-0.05, 0) is 42.5 Å². The van der Waals surface area contributed by atoms with Crippen LogP contribution in [0.3, 0.4) is 0 Å². The molecule has 0 bridgehead atoms. The minimum absolute atomic E-state index is 0.208. The van der Waals surface area contributed by atoms with Gasteiger partial charge in [0, 0.05) is 0 Å². The molecule has 0 radical (unpaired) electrons. The molecule has 0 saturated heterocycles. The summed E-state index contributed by atoms with van der Waals surface area (Å²) in [7, 11) is 0. The van der Waals surface area contributed by atoms with Crippen molar-refractivity contribution in [1.29, 1.82) is 0 Å². The minimum Gasteiger partial charge on any atom is -0.423 e. The molecule has 1 aromatic carbocycles. The first-order chi connectivity index (χ1) is 8.24. The Labute approximate surface area is 102 Å². The third-order valence-corrected chi connectivity index (χ3v) is 3.13. The Bertz CT molecular complexity index is 426. The van der Waals surface area contributed by atoms with Crippen molar-refractivity contribution < 1.29 is 9.53 Å². The fraction of sp³-hybridized carbons (Fsp3) is 0.500. The van der Waals surface area contributed by atoms with Crippen molar-refractivity contribution in [3.05, 3.63) is 23.3 Å². The van der Waals surface area contributed by atoms with Gasteiger partial charge in [-0.15, -0.1) is 0 Å². The summed E-state index contributed by atoms with van der Waals surface area (Å²) in [6, 6.07) is 4.14. The second-order valence-corrected chi connectivity index (χ2v) is 4.40. The Balaban J connectivity index is 2.31. The van der Waals surface area contributed by atoms with Gasteiger partial charge in [0.25, 0.3) is 0 Å². The van der Waals surface area contributed by atoms with Crippen molar-refractivity contribution in [2.24, 2.45) is 0 Å². The highest BCUT2D eigenvalue weighted by molar-refractivity contribution is 5.83. The quantitative estimate of drug-likeness (QED) is 0.642. The summed E-state index contributed by atoms with van der Waals surface area (Å²) >= 11 is 0. The molecule has 0 aliphatic carbocycles. The van der Waals surface area contributed by atoms with E-state index in [9.17, 15) is 4.79 Å². The van der Waals surface area contributed by atoms with Crippen molar-refractivity contribution >= 4 is 11.7 Å². The number of carbonyl (C=O) groups is 1. The Kier molecular flexibility index (Phi) is 3.67. The molecule has 1 N–H and O–H groups in total. The summed E-state index contributed by atoms with van der Waals surface area (Å²) in [6.45, 7) is 4.60. The van der Waals surface area contributed by atoms with Gasteiger partial charge in [-0.1, -0.05) is 20.3 Å². The molecule has 0 unspecified atom stereocenters. The topological polar surface area (TPSA) is 38.3 Å². The number of benzene rings is 1. The van der Waals surface area contributed by atoms with E-state index in [1.54, 1.807) is 0 Å². The van der Waals surface area contributed by atoms with E-state index in [1.165, 1.54) is 24.0 Å². The number of hydrogen-bond donors (Lipinski definition) is 1. The average Bonchev–Trinajstić information content (AvgIpc) is 2.35. The van der Waals surface area contributed by atoms with Gasteiger partial charge in [0.05, 0.1) is 5.69 Å². The summed E-state index contributed by atoms with van der Waals surface area (Å²) in [5.74, 6) is 0.471. The first kappa shape index (κ1) is 12.0. The molecule has 17 heavy (non-hydrogen) atoms. The van der Waals surface area contributed by atoms with Crippen molar-refractivity contribution in [2.45, 2.75) is 39.5 Å². The number of nitrogens with one attached hydrogen (secondary N) is 1. The van der Waals surface area contributed by atoms with Crippen LogP contribution in [0.5, 0.6) is 5.75 Å². The van der Waals surface area contributed by atoms with Crippen molar-refractivity contribution in [3.63, 3.8) is 0 Å². The van der Waals surface area contributed by atoms with Gasteiger partial charge in [0.2, 0.25) is 0 Å². The monoisotopic (exact) mass is 233 g/mol. The Morgan fingerprint density at radius 1 is 1.29 bits per heavy atom. The summed E-state index contributed by atoms with van der Waals surface area (Å²) < 4.78 is 5.23. The lowest BCUT2D eigenvalue weighted by molar-refractivity contribution is -0.132. The molecule has 1 aromatic rings. The van der Waals surface area contributed by atoms with Crippen LogP contribution >= 0.6 is 0 Å². The zero-order valence-electron chi connectivity index (χ0n) is 10.5. The highest BCUT2D eigenvalue weighted by atomic mass is 16.5. The van der Waals surface area contributed by atoms with Crippen molar-refractivity contribution in [2.75, 3.05) is 11.9 Å². The van der Waals surface area contributed by atoms with Gasteiger partial charge in [0.15, 0.2) is 5.75 Å². The predicted molar refractivity (Wildman–Crippen MR) is 68.6 cm³/mol. The molecular weight excluding hydrogens is 214 g/mol. The third kappa shape index (κ3) is 2.60. The van der Waals surface area contributed by atoms with Crippen LogP contribution in [0.15, 0.2) is 12.1 Å². The minimum atomic E-state index is -0.208. The smallest absolute Gasteiger partial charge is 0.330 e. The van der Waals surface area contributed by atoms with E-state index in [0.29, 0.717) is 5.75 Å². The summed E-state index contributed by atoms with van der Waals surface area (Å²) in [5.41, 5.74) is 3.61. The summed E-state index contributed by atoms with van der Waals surface area (Å²) in [6.07, 6.45) is 4.47. The molecule has 0 saturated carbocycles. The van der Waals surface area contributed by atoms with Crippen LogP contribution < -0.4 is 10.1 Å². The zero-order valence-corrected chi connectivity index (χ0v) is 10.5. The standard InChI is InChI=1S/C14H19NO2/c1-3-5-6-11-7-12-13(8-10(11)4-2)17-14(16)9-15-12/h7-8,15H,3-6,9H2,1-2H3. The molecule has 0 amide bonds. The Morgan fingerprint density at radius 2 is 2.12 bits per heavy atom. The van der Waals surface area contributed by atoms with Gasteiger partial charge in [-0.25, -0.2) is 4.79 Å². The molecule has 1 aliphatic heterocycles. The fourth-order valence-corrected chi connectivity index (χ4v) is 2.14. The second-order valence-electron chi connectivity index (χ2n) is 4.40. The number of esters is 1. The maximum Gasteiger partial charge on any atom is 0.330 e. The van der Waals surface area contributed by atoms with Crippen molar-refractivity contribution in [1.82, 2.24) is 0 Å². The maximum absolute atomic E-state index is 11.2. The number of aryl methyl sites for hydroxylation is 2. The molecule has 0 atom stereocenters. The SMILES string of the molecule is CCCCc1cc2c(cc1CC)OC(=O)CN2. The van der Waals surface area contributed by atoms with Crippen LogP contribution in [0.25, 0.3) is 0 Å². The van der Waals surface area contributed by atoms with E-state index in [2.05, 4.69) is 25.2 Å². The van der Waals surface area contributed by atoms with E-state index < -0.39 is 0 Å². The van der Waals surface area contributed by atoms with Gasteiger partial charge >= 0.3 is 5.97 Å². The van der Waals surface area contributed by atoms with Gasteiger partial charge in [0.1, 0.15) is 6.54 Å². The largest absolute Gasteiger partial charge is 0.423 e. The number of hydrogen-bond acceptors (Lipinski definition) is 3. The third-order valence-electron chi connectivity index (χ3n) is 3.13. The molecule has 1 heterocycles. The van der Waals surface area contributed by atoms with Crippen LogP contribution in [0.4, 0.5) is 5.69 Å². The van der Waals surface area contributed by atoms with Gasteiger partial charge in [-0.2, -0.15) is 0 Å². The summed E-state index contributed by atoms with van der Waals surface area (Å²) in [4.78, 5) is 11.2. The van der Waals surface area contributed by atoms with Crippen LogP contribution in [0, 0.1) is 0 Å². The number of unbranched alkanes of at least 4 members (excludes halogenated alkanes) is 1. The molecule has 0 aromatic heterocycles. The number of ether oxygens (including phenoxy) is 1. The normalized spacial score (nSPS) is 13.9. The number of fused-ring (bicyclic) bond motifs is 1. The van der Waals surface area contributed by atoms with E-state index in [0.717, 1.165) is 18.5 Å². The Morgan fingerprint density at radius 3 is 2.82 bits per heavy atom. The molecule has 3 nitrogen and oxygen atoms in total. The fourth-order valence-electron chi connectivity index (χ4n) is 2.14. The number of rotatable bonds is 4. The molecule has 3 heteroatoms. The first-order valence-corrected chi connectivity index (χ1v) is 6.35. The number of anilines is 1. The maximum atomic E-state index is 11.2. The van der Waals surface area contributed by atoms with Gasteiger partial charge in [-0.3, -0.25) is 0 Å². The molecule has 0 spiro atoms. The molecule has 92 valence electrons. The van der Waals surface area contributed by atoms with Gasteiger partial charge < -0.3 is 10.1 Å². The van der Waals surface area contributed by atoms with Crippen LogP contribution in [0.2, 0.25) is 0 Å². The van der Waals surface area contributed by atoms with Crippen LogP contribution in [-0.4, -0.2) is 12.5 Å². The van der Waals surface area contributed by atoms with E-state index >= 15 is 0 Å². The first-order valence-electron chi connectivity index (χ1n) is 6.35. The molecular formula is C14H19NO2. The second kappa shape index (κ2) is 5.21. The average molecular weight is 233 g/mol. The zero-order chi connectivity index (χ0) is 12.3. The van der Waals surface area contributed by atoms with E-state index in [-0.39, 0.29) is 12.5 Å². The number of carbonyl (C=O) groups excluding carboxylic acids is 1. The lowest BCUT2D eigenvalue weighted by atomic mass is 9.98. The van der Waals surface area contributed by atoms with E-state index in [1.807, 2.05) is 6.07 Å². The highest BCUT2D eigenvalue weighted by Crippen LogP contribution is 2.32. The van der Waals surface area contributed by atoms with Crippen molar-refractivity contribution in [3.8, 4) is 5.75 Å². The predicted octanol–water partition coefficient (Wildman–Crippen LogP) is 2.92. The molecule has 1 aliphatic rings. The Hall–Kier alpha value is -1.51. The lowest BCUT2D eigenvalue weighted by Gasteiger charge is -2.20. The highest BCUT2D eigenvalue weighted by Gasteiger charge is 2.18. The molecule has 0 fully saturated rings. The summed E-state index contributed by atoms with van der Waals surface area (Å²) in [5, 5.41) is 3.11. The van der Waals surface area contributed by atoms with Crippen LogP contribution in [-0.2, 0) is 17.6 Å². The molecule has 2 rings (SSSR count). The van der Waals surface area contributed by atoms with E-state index in [4.69, 9.17) is 4.74 Å². The lowest BCUT2D eigenvalue weighted by Crippen LogP contribution is -2.25. The van der Waals surface area contributed by atoms with Crippen LogP contribution in [0.1, 0.15) is 37.8 Å².